The molecule has 1 amide bonds. The monoisotopic (exact) mass is 443 g/mol. The molecule has 0 fully saturated rings. The van der Waals surface area contributed by atoms with Gasteiger partial charge < -0.3 is 15.2 Å². The van der Waals surface area contributed by atoms with Gasteiger partial charge in [0.25, 0.3) is 0 Å². The molecule has 2 N–H and O–H groups in total. The minimum absolute atomic E-state index is 0.113. The van der Waals surface area contributed by atoms with E-state index in [0.717, 1.165) is 5.56 Å². The smallest absolute Gasteiger partial charge is 0.246 e. The Balaban J connectivity index is 1.83. The van der Waals surface area contributed by atoms with Gasteiger partial charge in [0, 0.05) is 23.7 Å². The van der Waals surface area contributed by atoms with E-state index in [2.05, 4.69) is 22.1 Å². The second kappa shape index (κ2) is 10.9. The van der Waals surface area contributed by atoms with Crippen LogP contribution in [0.1, 0.15) is 35.3 Å². The summed E-state index contributed by atoms with van der Waals surface area (Å²) in [6.45, 7) is 7.81. The molecule has 0 aliphatic rings. The number of aromatic hydroxyl groups is 1. The predicted molar refractivity (Wildman–Crippen MR) is 126 cm³/mol. The molecule has 0 aliphatic heterocycles. The zero-order chi connectivity index (χ0) is 23.8. The topological polar surface area (TPSA) is 100 Å². The fraction of sp³-hybridized carbons (Fsp3) is 0.154. The highest BCUT2D eigenvalue weighted by atomic mass is 16.5. The maximum atomic E-state index is 12.8. The minimum Gasteiger partial charge on any atom is -0.507 e. The number of nitrogens with one attached hydrogen (secondary N) is 1. The van der Waals surface area contributed by atoms with Crippen molar-refractivity contribution in [3.8, 4) is 11.5 Å². The van der Waals surface area contributed by atoms with E-state index in [0.29, 0.717) is 41.4 Å². The molecular weight excluding hydrogens is 418 g/mol. The molecule has 3 rings (SSSR count). The molecule has 7 heteroatoms. The van der Waals surface area contributed by atoms with E-state index in [-0.39, 0.29) is 23.0 Å². The molecule has 0 spiro atoms. The Labute approximate surface area is 192 Å². The molecule has 7 nitrogen and oxygen atoms in total. The van der Waals surface area contributed by atoms with Crippen LogP contribution in [0.5, 0.6) is 11.5 Å². The third-order valence-corrected chi connectivity index (χ3v) is 4.71. The fourth-order valence-electron chi connectivity index (χ4n) is 2.96. The number of hydrogen-bond acceptors (Lipinski definition) is 6. The van der Waals surface area contributed by atoms with Crippen molar-refractivity contribution >= 4 is 23.1 Å². The van der Waals surface area contributed by atoms with Gasteiger partial charge in [-0.1, -0.05) is 49.0 Å². The molecule has 0 bridgehead atoms. The molecule has 0 saturated heterocycles. The first-order chi connectivity index (χ1) is 15.9. The van der Waals surface area contributed by atoms with Crippen molar-refractivity contribution in [1.82, 2.24) is 5.32 Å². The first-order valence-corrected chi connectivity index (χ1v) is 10.4. The van der Waals surface area contributed by atoms with Crippen LogP contribution in [0.25, 0.3) is 0 Å². The number of phenolic OH excluding ortho intramolecular Hbond substituents is 1. The normalized spacial score (nSPS) is 10.7. The number of carbonyl (C=O) groups excluding carboxylic acids is 2. The minimum atomic E-state index is -0.325. The van der Waals surface area contributed by atoms with Gasteiger partial charge in [-0.3, -0.25) is 9.59 Å². The Morgan fingerprint density at radius 2 is 1.73 bits per heavy atom. The SMILES string of the molecule is C=C(C)C(=O)NCc1ccc(N=Nc2cc(C(=O)c3ccccc3)c(O)cc2OCC)cc1. The average Bonchev–Trinajstić information content (AvgIpc) is 2.83. The van der Waals surface area contributed by atoms with Crippen LogP contribution in [-0.4, -0.2) is 23.4 Å². The summed E-state index contributed by atoms with van der Waals surface area (Å²) in [7, 11) is 0. The van der Waals surface area contributed by atoms with Crippen molar-refractivity contribution in [2.75, 3.05) is 6.61 Å². The molecule has 0 unspecified atom stereocenters. The lowest BCUT2D eigenvalue weighted by Crippen LogP contribution is -2.22. The Kier molecular flexibility index (Phi) is 7.70. The third-order valence-electron chi connectivity index (χ3n) is 4.71. The first kappa shape index (κ1) is 23.4. The standard InChI is InChI=1S/C26H25N3O4/c1-4-33-24-15-23(30)21(25(31)19-8-6-5-7-9-19)14-22(24)29-28-20-12-10-18(11-13-20)16-27-26(32)17(2)3/h5-15,30H,2,4,16H2,1,3H3,(H,27,32). The Bertz CT molecular complexity index is 1190. The summed E-state index contributed by atoms with van der Waals surface area (Å²) >= 11 is 0. The number of ketones is 1. The molecule has 168 valence electrons. The van der Waals surface area contributed by atoms with E-state index in [1.165, 1.54) is 12.1 Å². The average molecular weight is 444 g/mol. The molecule has 0 atom stereocenters. The van der Waals surface area contributed by atoms with Gasteiger partial charge in [0.1, 0.15) is 11.4 Å². The molecule has 0 aromatic heterocycles. The number of benzene rings is 3. The van der Waals surface area contributed by atoms with Gasteiger partial charge >= 0.3 is 0 Å². The van der Waals surface area contributed by atoms with E-state index in [1.54, 1.807) is 43.3 Å². The Hall–Kier alpha value is -4.26. The van der Waals surface area contributed by atoms with Gasteiger partial charge in [-0.2, -0.15) is 5.11 Å². The van der Waals surface area contributed by atoms with Gasteiger partial charge in [-0.15, -0.1) is 5.11 Å². The van der Waals surface area contributed by atoms with E-state index < -0.39 is 0 Å². The van der Waals surface area contributed by atoms with Crippen LogP contribution < -0.4 is 10.1 Å². The lowest BCUT2D eigenvalue weighted by molar-refractivity contribution is -0.117. The Morgan fingerprint density at radius 1 is 1.03 bits per heavy atom. The highest BCUT2D eigenvalue weighted by Crippen LogP contribution is 2.36. The van der Waals surface area contributed by atoms with E-state index in [1.807, 2.05) is 25.1 Å². The number of ether oxygens (including phenoxy) is 1. The van der Waals surface area contributed by atoms with Gasteiger partial charge in [0.05, 0.1) is 17.9 Å². The van der Waals surface area contributed by atoms with Crippen LogP contribution in [-0.2, 0) is 11.3 Å². The van der Waals surface area contributed by atoms with Crippen molar-refractivity contribution in [2.45, 2.75) is 20.4 Å². The van der Waals surface area contributed by atoms with Crippen LogP contribution in [0.2, 0.25) is 0 Å². The number of phenols is 1. The number of hydrogen-bond donors (Lipinski definition) is 2. The summed E-state index contributed by atoms with van der Waals surface area (Å²) in [5.74, 6) is -0.390. The largest absolute Gasteiger partial charge is 0.507 e. The van der Waals surface area contributed by atoms with Crippen LogP contribution in [0.4, 0.5) is 11.4 Å². The molecule has 3 aromatic rings. The highest BCUT2D eigenvalue weighted by molar-refractivity contribution is 6.11. The summed E-state index contributed by atoms with van der Waals surface area (Å²) in [4.78, 5) is 24.5. The van der Waals surface area contributed by atoms with Crippen molar-refractivity contribution in [3.05, 3.63) is 95.6 Å². The van der Waals surface area contributed by atoms with Crippen molar-refractivity contribution in [3.63, 3.8) is 0 Å². The summed E-state index contributed by atoms with van der Waals surface area (Å²) < 4.78 is 5.57. The number of carbonyl (C=O) groups is 2. The van der Waals surface area contributed by atoms with Crippen LogP contribution in [0, 0.1) is 0 Å². The van der Waals surface area contributed by atoms with Crippen LogP contribution in [0.15, 0.2) is 89.1 Å². The van der Waals surface area contributed by atoms with Crippen molar-refractivity contribution in [2.24, 2.45) is 10.2 Å². The second-order valence-corrected chi connectivity index (χ2v) is 7.29. The number of rotatable bonds is 9. The number of nitrogens with zero attached hydrogens (tertiary/aromatic N) is 2. The maximum Gasteiger partial charge on any atom is 0.246 e. The van der Waals surface area contributed by atoms with Gasteiger partial charge in [0.15, 0.2) is 11.5 Å². The molecule has 33 heavy (non-hydrogen) atoms. The zero-order valence-electron chi connectivity index (χ0n) is 18.5. The lowest BCUT2D eigenvalue weighted by Gasteiger charge is -2.10. The molecule has 0 aliphatic carbocycles. The molecular formula is C26H25N3O4. The quantitative estimate of drug-likeness (QED) is 0.254. The molecule has 0 radical (unpaired) electrons. The summed E-state index contributed by atoms with van der Waals surface area (Å²) in [6.07, 6.45) is 0. The highest BCUT2D eigenvalue weighted by Gasteiger charge is 2.18. The van der Waals surface area contributed by atoms with Crippen LogP contribution in [0.3, 0.4) is 0 Å². The third kappa shape index (κ3) is 6.13. The van der Waals surface area contributed by atoms with Gasteiger partial charge in [0.2, 0.25) is 5.91 Å². The summed E-state index contributed by atoms with van der Waals surface area (Å²) in [5.41, 5.74) is 2.82. The van der Waals surface area contributed by atoms with Crippen molar-refractivity contribution < 1.29 is 19.4 Å². The molecule has 0 heterocycles. The maximum absolute atomic E-state index is 12.8. The van der Waals surface area contributed by atoms with Crippen molar-refractivity contribution in [1.29, 1.82) is 0 Å². The Morgan fingerprint density at radius 3 is 2.36 bits per heavy atom. The van der Waals surface area contributed by atoms with Gasteiger partial charge in [-0.05, 0) is 37.6 Å². The molecule has 0 saturated carbocycles. The number of amides is 1. The molecule has 3 aromatic carbocycles. The van der Waals surface area contributed by atoms with Gasteiger partial charge in [-0.25, -0.2) is 0 Å². The lowest BCUT2D eigenvalue weighted by atomic mass is 10.0. The van der Waals surface area contributed by atoms with Crippen LogP contribution >= 0.6 is 0 Å². The van der Waals surface area contributed by atoms with E-state index >= 15 is 0 Å². The van der Waals surface area contributed by atoms with E-state index in [9.17, 15) is 14.7 Å². The summed E-state index contributed by atoms with van der Waals surface area (Å²) in [5, 5.41) is 21.7. The zero-order valence-corrected chi connectivity index (χ0v) is 18.5. The predicted octanol–water partition coefficient (Wildman–Crippen LogP) is 5.63. The van der Waals surface area contributed by atoms with E-state index in [4.69, 9.17) is 4.74 Å². The second-order valence-electron chi connectivity index (χ2n) is 7.29. The number of azo groups is 1. The first-order valence-electron chi connectivity index (χ1n) is 10.4. The summed E-state index contributed by atoms with van der Waals surface area (Å²) in [6, 6.07) is 18.7. The fourth-order valence-corrected chi connectivity index (χ4v) is 2.96.